The van der Waals surface area contributed by atoms with Crippen LogP contribution in [0.25, 0.3) is 0 Å². The van der Waals surface area contributed by atoms with Crippen LogP contribution < -0.4 is 5.32 Å². The molecule has 0 unspecified atom stereocenters. The number of nitrogens with zero attached hydrogens (tertiary/aromatic N) is 3. The fraction of sp³-hybridized carbons (Fsp3) is 0.400. The molecule has 5 rings (SSSR count). The lowest BCUT2D eigenvalue weighted by atomic mass is 9.84. The molecule has 0 saturated heterocycles. The first kappa shape index (κ1) is 18.1. The second-order valence-electron chi connectivity index (χ2n) is 8.01. The number of hydrogen-bond acceptors (Lipinski definition) is 4. The van der Waals surface area contributed by atoms with Crippen LogP contribution in [-0.4, -0.2) is 45.9 Å². The van der Waals surface area contributed by atoms with Crippen LogP contribution in [0.1, 0.15) is 42.2 Å². The van der Waals surface area contributed by atoms with E-state index in [-0.39, 0.29) is 37.2 Å². The molecular formula is C20H19F3N4O2. The van der Waals surface area contributed by atoms with E-state index >= 15 is 0 Å². The molecule has 1 aromatic carbocycles. The van der Waals surface area contributed by atoms with Gasteiger partial charge in [-0.3, -0.25) is 14.9 Å². The number of halogens is 3. The van der Waals surface area contributed by atoms with Crippen molar-refractivity contribution in [3.05, 3.63) is 53.1 Å². The van der Waals surface area contributed by atoms with E-state index in [1.165, 1.54) is 17.0 Å². The zero-order valence-corrected chi connectivity index (χ0v) is 15.3. The number of benzene rings is 1. The predicted octanol–water partition coefficient (Wildman–Crippen LogP) is 2.89. The van der Waals surface area contributed by atoms with Gasteiger partial charge in [0, 0.05) is 25.4 Å². The van der Waals surface area contributed by atoms with Gasteiger partial charge < -0.3 is 4.90 Å². The molecule has 0 radical (unpaired) electrons. The van der Waals surface area contributed by atoms with Gasteiger partial charge in [0.2, 0.25) is 11.9 Å². The van der Waals surface area contributed by atoms with Crippen molar-refractivity contribution in [3.8, 4) is 0 Å². The smallest absolute Gasteiger partial charge is 0.254 e. The third-order valence-electron chi connectivity index (χ3n) is 5.95. The fourth-order valence-corrected chi connectivity index (χ4v) is 4.04. The number of rotatable bonds is 4. The summed E-state index contributed by atoms with van der Waals surface area (Å²) in [5.41, 5.74) is -0.816. The SMILES string of the molecule is O=C(CN1CC2(CC2)c2cc([C@]3(F)C[C@H]3F)ccc2C1=O)Nc1ncc(F)cn1.[HH]. The number of carbonyl (C=O) groups is 2. The van der Waals surface area contributed by atoms with Gasteiger partial charge in [0.15, 0.2) is 11.5 Å². The van der Waals surface area contributed by atoms with Gasteiger partial charge in [0.25, 0.3) is 5.91 Å². The summed E-state index contributed by atoms with van der Waals surface area (Å²) < 4.78 is 40.8. The maximum Gasteiger partial charge on any atom is 0.254 e. The van der Waals surface area contributed by atoms with Gasteiger partial charge in [-0.2, -0.15) is 0 Å². The highest BCUT2D eigenvalue weighted by Gasteiger charge is 2.59. The fourth-order valence-electron chi connectivity index (χ4n) is 4.04. The number of hydrogen-bond donors (Lipinski definition) is 1. The average molecular weight is 404 g/mol. The van der Waals surface area contributed by atoms with E-state index in [2.05, 4.69) is 15.3 Å². The van der Waals surface area contributed by atoms with Crippen molar-refractivity contribution in [3.63, 3.8) is 0 Å². The lowest BCUT2D eigenvalue weighted by molar-refractivity contribution is -0.117. The number of amides is 2. The van der Waals surface area contributed by atoms with Gasteiger partial charge in [0.05, 0.1) is 12.4 Å². The zero-order chi connectivity index (χ0) is 20.4. The molecule has 2 fully saturated rings. The van der Waals surface area contributed by atoms with Crippen molar-refractivity contribution in [2.45, 2.75) is 36.5 Å². The Morgan fingerprint density at radius 1 is 1.31 bits per heavy atom. The Labute approximate surface area is 165 Å². The topological polar surface area (TPSA) is 75.2 Å². The van der Waals surface area contributed by atoms with Gasteiger partial charge in [0.1, 0.15) is 12.7 Å². The molecule has 2 aliphatic carbocycles. The Kier molecular flexibility index (Phi) is 3.75. The molecule has 0 bridgehead atoms. The van der Waals surface area contributed by atoms with E-state index in [9.17, 15) is 22.8 Å². The van der Waals surface area contributed by atoms with Gasteiger partial charge in [-0.1, -0.05) is 12.1 Å². The summed E-state index contributed by atoms with van der Waals surface area (Å²) in [7, 11) is 0. The van der Waals surface area contributed by atoms with Crippen molar-refractivity contribution in [2.75, 3.05) is 18.4 Å². The second kappa shape index (κ2) is 6.01. The number of alkyl halides is 2. The highest BCUT2D eigenvalue weighted by atomic mass is 19.2. The lowest BCUT2D eigenvalue weighted by Gasteiger charge is -2.34. The van der Waals surface area contributed by atoms with E-state index in [4.69, 9.17) is 0 Å². The molecular weight excluding hydrogens is 385 g/mol. The third kappa shape index (κ3) is 2.95. The summed E-state index contributed by atoms with van der Waals surface area (Å²) in [6.45, 7) is 0.125. The third-order valence-corrected chi connectivity index (χ3v) is 5.95. The van der Waals surface area contributed by atoms with E-state index in [1.54, 1.807) is 6.07 Å². The van der Waals surface area contributed by atoms with Crippen LogP contribution >= 0.6 is 0 Å². The molecule has 3 aliphatic rings. The van der Waals surface area contributed by atoms with Gasteiger partial charge in [-0.15, -0.1) is 0 Å². The van der Waals surface area contributed by atoms with Crippen molar-refractivity contribution < 1.29 is 24.2 Å². The zero-order valence-electron chi connectivity index (χ0n) is 15.3. The molecule has 6 nitrogen and oxygen atoms in total. The maximum atomic E-state index is 14.5. The average Bonchev–Trinajstić information content (AvgIpc) is 3.60. The Balaban J connectivity index is 0.00000218. The molecule has 29 heavy (non-hydrogen) atoms. The molecule has 9 heteroatoms. The Morgan fingerprint density at radius 2 is 2.00 bits per heavy atom. The molecule has 2 saturated carbocycles. The van der Waals surface area contributed by atoms with Crippen LogP contribution in [0, 0.1) is 5.82 Å². The summed E-state index contributed by atoms with van der Waals surface area (Å²) >= 11 is 0. The number of carbonyl (C=O) groups excluding carboxylic acids is 2. The number of aromatic nitrogens is 2. The van der Waals surface area contributed by atoms with Crippen molar-refractivity contribution in [1.29, 1.82) is 0 Å². The van der Waals surface area contributed by atoms with E-state index in [0.717, 1.165) is 30.8 Å². The normalized spacial score (nSPS) is 26.2. The van der Waals surface area contributed by atoms with Crippen LogP contribution in [-0.2, 0) is 15.9 Å². The van der Waals surface area contributed by atoms with Crippen LogP contribution in [0.2, 0.25) is 0 Å². The molecule has 1 N–H and O–H groups in total. The van der Waals surface area contributed by atoms with Gasteiger partial charge in [-0.25, -0.2) is 23.1 Å². The van der Waals surface area contributed by atoms with E-state index < -0.39 is 23.6 Å². The molecule has 1 spiro atoms. The second-order valence-corrected chi connectivity index (χ2v) is 8.01. The first-order valence-corrected chi connectivity index (χ1v) is 9.35. The van der Waals surface area contributed by atoms with Crippen LogP contribution in [0.3, 0.4) is 0 Å². The predicted molar refractivity (Wildman–Crippen MR) is 98.3 cm³/mol. The first-order valence-electron chi connectivity index (χ1n) is 9.35. The minimum atomic E-state index is -1.94. The maximum absolute atomic E-state index is 14.5. The molecule has 2 amide bonds. The van der Waals surface area contributed by atoms with Crippen LogP contribution in [0.5, 0.6) is 0 Å². The van der Waals surface area contributed by atoms with Crippen molar-refractivity contribution in [1.82, 2.24) is 14.9 Å². The molecule has 2 atom stereocenters. The summed E-state index contributed by atoms with van der Waals surface area (Å²) in [6.07, 6.45) is 1.85. The Hall–Kier alpha value is -2.97. The summed E-state index contributed by atoms with van der Waals surface area (Å²) in [5, 5.41) is 2.44. The minimum Gasteiger partial charge on any atom is -0.328 e. The largest absolute Gasteiger partial charge is 0.328 e. The first-order chi connectivity index (χ1) is 13.8. The highest BCUT2D eigenvalue weighted by molar-refractivity contribution is 6.01. The molecule has 1 aromatic heterocycles. The van der Waals surface area contributed by atoms with Crippen LogP contribution in [0.15, 0.2) is 30.6 Å². The number of anilines is 1. The minimum absolute atomic E-state index is 0. The quantitative estimate of drug-likeness (QED) is 0.850. The summed E-state index contributed by atoms with van der Waals surface area (Å²) in [4.78, 5) is 34.0. The number of fused-ring (bicyclic) bond motifs is 2. The Morgan fingerprint density at radius 3 is 2.62 bits per heavy atom. The van der Waals surface area contributed by atoms with Gasteiger partial charge >= 0.3 is 0 Å². The lowest BCUT2D eigenvalue weighted by Crippen LogP contribution is -2.47. The molecule has 2 aromatic rings. The van der Waals surface area contributed by atoms with E-state index in [1.807, 2.05) is 0 Å². The van der Waals surface area contributed by atoms with E-state index in [0.29, 0.717) is 12.1 Å². The molecule has 1 aliphatic heterocycles. The Bertz CT molecular complexity index is 1030. The van der Waals surface area contributed by atoms with Crippen molar-refractivity contribution >= 4 is 17.8 Å². The van der Waals surface area contributed by atoms with Crippen LogP contribution in [0.4, 0.5) is 19.1 Å². The van der Waals surface area contributed by atoms with Gasteiger partial charge in [-0.05, 0) is 30.0 Å². The standard InChI is InChI=1S/C20H17F3N4O2.H2/c21-12-7-24-18(25-8-12)26-16(28)9-27-10-19(3-4-19)14-5-11(20(23)6-15(20)22)1-2-13(14)17(27)29;/h1-2,5,7-8,15H,3-4,6,9-10H2,(H,24,25,26,28);1H/t15-,20-;/m1./s1. The number of nitrogens with one attached hydrogen (secondary N) is 1. The highest BCUT2D eigenvalue weighted by Crippen LogP contribution is 2.56. The molecule has 2 heterocycles. The van der Waals surface area contributed by atoms with Crippen molar-refractivity contribution in [2.24, 2.45) is 0 Å². The molecule has 152 valence electrons. The summed E-state index contributed by atoms with van der Waals surface area (Å²) in [6, 6.07) is 4.62. The monoisotopic (exact) mass is 404 g/mol. The summed E-state index contributed by atoms with van der Waals surface area (Å²) in [5.74, 6) is -1.51.